The molecule has 2 aliphatic heterocycles. The Morgan fingerprint density at radius 2 is 1.88 bits per heavy atom. The summed E-state index contributed by atoms with van der Waals surface area (Å²) in [5, 5.41) is 3.68. The van der Waals surface area contributed by atoms with Crippen molar-refractivity contribution in [2.45, 2.75) is 31.5 Å². The highest BCUT2D eigenvalue weighted by atomic mass is 16.6. The first-order valence-corrected chi connectivity index (χ1v) is 9.17. The summed E-state index contributed by atoms with van der Waals surface area (Å²) in [7, 11) is 2.20. The van der Waals surface area contributed by atoms with Crippen molar-refractivity contribution in [2.24, 2.45) is 0 Å². The number of ether oxygens (including phenoxy) is 2. The van der Waals surface area contributed by atoms with E-state index in [9.17, 15) is 0 Å². The highest BCUT2D eigenvalue weighted by Crippen LogP contribution is 2.35. The molecule has 0 radical (unpaired) electrons. The summed E-state index contributed by atoms with van der Waals surface area (Å²) in [6.45, 7) is 3.84. The van der Waals surface area contributed by atoms with Gasteiger partial charge in [0.2, 0.25) is 0 Å². The Balaban J connectivity index is 1.34. The highest BCUT2D eigenvalue weighted by Gasteiger charge is 2.22. The van der Waals surface area contributed by atoms with E-state index in [1.807, 2.05) is 24.3 Å². The van der Waals surface area contributed by atoms with Gasteiger partial charge in [-0.25, -0.2) is 0 Å². The maximum atomic E-state index is 6.08. The lowest BCUT2D eigenvalue weighted by atomic mass is 10.0. The second-order valence-electron chi connectivity index (χ2n) is 7.09. The number of rotatable bonds is 4. The number of nitrogens with zero attached hydrogens (tertiary/aromatic N) is 1. The molecule has 1 saturated heterocycles. The average Bonchev–Trinajstić information content (AvgIpc) is 2.66. The minimum absolute atomic E-state index is 0.0381. The molecule has 0 aromatic heterocycles. The Morgan fingerprint density at radius 1 is 1.08 bits per heavy atom. The molecule has 4 heteroatoms. The van der Waals surface area contributed by atoms with E-state index in [1.54, 1.807) is 0 Å². The van der Waals surface area contributed by atoms with Gasteiger partial charge in [0, 0.05) is 19.1 Å². The van der Waals surface area contributed by atoms with Crippen LogP contribution in [0.2, 0.25) is 0 Å². The molecule has 0 amide bonds. The van der Waals surface area contributed by atoms with Crippen molar-refractivity contribution in [1.82, 2.24) is 10.2 Å². The predicted molar refractivity (Wildman–Crippen MR) is 99.1 cm³/mol. The zero-order chi connectivity index (χ0) is 17.1. The van der Waals surface area contributed by atoms with Crippen molar-refractivity contribution in [3.63, 3.8) is 0 Å². The van der Waals surface area contributed by atoms with E-state index in [1.165, 1.54) is 24.9 Å². The van der Waals surface area contributed by atoms with E-state index in [2.05, 4.69) is 41.5 Å². The first-order valence-electron chi connectivity index (χ1n) is 9.17. The van der Waals surface area contributed by atoms with Gasteiger partial charge < -0.3 is 19.7 Å². The number of fused-ring (bicyclic) bond motifs is 1. The number of benzene rings is 2. The van der Waals surface area contributed by atoms with Crippen LogP contribution in [-0.2, 0) is 6.54 Å². The van der Waals surface area contributed by atoms with Crippen molar-refractivity contribution < 1.29 is 9.47 Å². The van der Waals surface area contributed by atoms with Crippen LogP contribution in [0.25, 0.3) is 0 Å². The SMILES string of the molecule is CN1CCCC(NCc2ccc([C@H]3COc4ccccc4O3)cc2)C1. The van der Waals surface area contributed by atoms with E-state index in [-0.39, 0.29) is 6.10 Å². The molecule has 0 saturated carbocycles. The van der Waals surface area contributed by atoms with Crippen molar-refractivity contribution in [2.75, 3.05) is 26.7 Å². The number of likely N-dealkylation sites (N-methyl/N-ethyl adjacent to an activating group) is 1. The fourth-order valence-electron chi connectivity index (χ4n) is 3.63. The molecule has 1 unspecified atom stereocenters. The molecule has 2 aromatic carbocycles. The van der Waals surface area contributed by atoms with Crippen LogP contribution >= 0.6 is 0 Å². The van der Waals surface area contributed by atoms with Crippen molar-refractivity contribution in [3.8, 4) is 11.5 Å². The third kappa shape index (κ3) is 3.97. The minimum atomic E-state index is -0.0381. The van der Waals surface area contributed by atoms with Crippen LogP contribution in [0.5, 0.6) is 11.5 Å². The molecule has 4 nitrogen and oxygen atoms in total. The molecule has 1 fully saturated rings. The van der Waals surface area contributed by atoms with E-state index >= 15 is 0 Å². The monoisotopic (exact) mass is 338 g/mol. The lowest BCUT2D eigenvalue weighted by Crippen LogP contribution is -2.43. The van der Waals surface area contributed by atoms with Crippen molar-refractivity contribution in [3.05, 3.63) is 59.7 Å². The Hall–Kier alpha value is -2.04. The van der Waals surface area contributed by atoms with Crippen LogP contribution in [0, 0.1) is 0 Å². The van der Waals surface area contributed by atoms with Gasteiger partial charge in [-0.05, 0) is 49.7 Å². The van der Waals surface area contributed by atoms with Gasteiger partial charge in [-0.2, -0.15) is 0 Å². The number of nitrogens with one attached hydrogen (secondary N) is 1. The number of piperidine rings is 1. The number of likely N-dealkylation sites (tertiary alicyclic amines) is 1. The van der Waals surface area contributed by atoms with Crippen LogP contribution in [0.15, 0.2) is 48.5 Å². The van der Waals surface area contributed by atoms with Crippen LogP contribution in [0.3, 0.4) is 0 Å². The van der Waals surface area contributed by atoms with Crippen LogP contribution in [0.4, 0.5) is 0 Å². The second kappa shape index (κ2) is 7.46. The first kappa shape index (κ1) is 16.4. The van der Waals surface area contributed by atoms with Gasteiger partial charge in [0.05, 0.1) is 0 Å². The molecule has 0 spiro atoms. The molecule has 2 heterocycles. The summed E-state index contributed by atoms with van der Waals surface area (Å²) >= 11 is 0. The third-order valence-corrected chi connectivity index (χ3v) is 5.08. The Morgan fingerprint density at radius 3 is 2.68 bits per heavy atom. The molecule has 132 valence electrons. The number of hydrogen-bond donors (Lipinski definition) is 1. The number of hydrogen-bond acceptors (Lipinski definition) is 4. The lowest BCUT2D eigenvalue weighted by Gasteiger charge is -2.30. The summed E-state index contributed by atoms with van der Waals surface area (Å²) in [4.78, 5) is 2.41. The van der Waals surface area contributed by atoms with Gasteiger partial charge in [0.25, 0.3) is 0 Å². The van der Waals surface area contributed by atoms with Gasteiger partial charge >= 0.3 is 0 Å². The summed E-state index contributed by atoms with van der Waals surface area (Å²) in [5.74, 6) is 1.66. The van der Waals surface area contributed by atoms with Gasteiger partial charge in [-0.1, -0.05) is 36.4 Å². The fraction of sp³-hybridized carbons (Fsp3) is 0.429. The largest absolute Gasteiger partial charge is 0.485 e. The maximum Gasteiger partial charge on any atom is 0.162 e. The smallest absolute Gasteiger partial charge is 0.162 e. The van der Waals surface area contributed by atoms with Crippen LogP contribution in [-0.4, -0.2) is 37.7 Å². The summed E-state index contributed by atoms with van der Waals surface area (Å²) in [6, 6.07) is 17.2. The molecule has 2 atom stereocenters. The Bertz CT molecular complexity index is 701. The maximum absolute atomic E-state index is 6.08. The topological polar surface area (TPSA) is 33.7 Å². The van der Waals surface area contributed by atoms with Crippen LogP contribution < -0.4 is 14.8 Å². The zero-order valence-electron chi connectivity index (χ0n) is 14.8. The van der Waals surface area contributed by atoms with Gasteiger partial charge in [0.1, 0.15) is 6.61 Å². The first-order chi connectivity index (χ1) is 12.3. The molecule has 0 bridgehead atoms. The molecule has 0 aliphatic carbocycles. The molecule has 25 heavy (non-hydrogen) atoms. The molecule has 2 aliphatic rings. The van der Waals surface area contributed by atoms with Crippen molar-refractivity contribution in [1.29, 1.82) is 0 Å². The van der Waals surface area contributed by atoms with Gasteiger partial charge in [-0.3, -0.25) is 0 Å². The van der Waals surface area contributed by atoms with Gasteiger partial charge in [0.15, 0.2) is 17.6 Å². The molecule has 2 aromatic rings. The fourth-order valence-corrected chi connectivity index (χ4v) is 3.63. The van der Waals surface area contributed by atoms with E-state index in [4.69, 9.17) is 9.47 Å². The molecule has 4 rings (SSSR count). The summed E-state index contributed by atoms with van der Waals surface area (Å²) < 4.78 is 11.9. The van der Waals surface area contributed by atoms with E-state index in [0.29, 0.717) is 12.6 Å². The van der Waals surface area contributed by atoms with E-state index in [0.717, 1.165) is 30.2 Å². The lowest BCUT2D eigenvalue weighted by molar-refractivity contribution is 0.0913. The molecular formula is C21H26N2O2. The normalized spacial score (nSPS) is 23.4. The van der Waals surface area contributed by atoms with E-state index < -0.39 is 0 Å². The highest BCUT2D eigenvalue weighted by molar-refractivity contribution is 5.41. The van der Waals surface area contributed by atoms with Crippen LogP contribution in [0.1, 0.15) is 30.1 Å². The van der Waals surface area contributed by atoms with Crippen molar-refractivity contribution >= 4 is 0 Å². The predicted octanol–water partition coefficient (Wildman–Crippen LogP) is 3.38. The Kier molecular flexibility index (Phi) is 4.90. The Labute approximate surface area is 149 Å². The molecular weight excluding hydrogens is 312 g/mol. The third-order valence-electron chi connectivity index (χ3n) is 5.08. The summed E-state index contributed by atoms with van der Waals surface area (Å²) in [5.41, 5.74) is 2.48. The average molecular weight is 338 g/mol. The zero-order valence-corrected chi connectivity index (χ0v) is 14.8. The molecule has 1 N–H and O–H groups in total. The summed E-state index contributed by atoms with van der Waals surface area (Å²) in [6.07, 6.45) is 2.52. The minimum Gasteiger partial charge on any atom is -0.485 e. The number of para-hydroxylation sites is 2. The quantitative estimate of drug-likeness (QED) is 0.927. The van der Waals surface area contributed by atoms with Gasteiger partial charge in [-0.15, -0.1) is 0 Å². The standard InChI is InChI=1S/C21H26N2O2/c1-23-12-4-5-18(14-23)22-13-16-8-10-17(11-9-16)21-15-24-19-6-2-3-7-20(19)25-21/h2-3,6-11,18,21-22H,4-5,12-15H2,1H3/t18?,21-/m1/s1. The second-order valence-corrected chi connectivity index (χ2v) is 7.09.